The first kappa shape index (κ1) is 16.0. The van der Waals surface area contributed by atoms with Gasteiger partial charge in [0.05, 0.1) is 24.0 Å². The molecular formula is C16H27N3O2. The van der Waals surface area contributed by atoms with Gasteiger partial charge in [0.2, 0.25) is 0 Å². The van der Waals surface area contributed by atoms with Crippen molar-refractivity contribution in [3.8, 4) is 0 Å². The molecular weight excluding hydrogens is 266 g/mol. The molecule has 1 aliphatic rings. The molecule has 1 heterocycles. The van der Waals surface area contributed by atoms with Crippen LogP contribution in [0.15, 0.2) is 0 Å². The molecule has 1 fully saturated rings. The third kappa shape index (κ3) is 3.84. The van der Waals surface area contributed by atoms with Gasteiger partial charge < -0.3 is 10.1 Å². The number of rotatable bonds is 5. The van der Waals surface area contributed by atoms with E-state index in [9.17, 15) is 4.79 Å². The van der Waals surface area contributed by atoms with Crippen LogP contribution in [0.5, 0.6) is 0 Å². The van der Waals surface area contributed by atoms with Crippen molar-refractivity contribution >= 4 is 5.91 Å². The summed E-state index contributed by atoms with van der Waals surface area (Å²) in [5.74, 6) is 0.579. The lowest BCUT2D eigenvalue weighted by molar-refractivity contribution is -0.00294. The van der Waals surface area contributed by atoms with Gasteiger partial charge in [-0.15, -0.1) is 0 Å². The summed E-state index contributed by atoms with van der Waals surface area (Å²) in [5.41, 5.74) is 2.35. The van der Waals surface area contributed by atoms with Crippen LogP contribution in [0.1, 0.15) is 54.4 Å². The van der Waals surface area contributed by atoms with Crippen molar-refractivity contribution in [2.24, 2.45) is 13.0 Å². The molecule has 1 saturated carbocycles. The quantitative estimate of drug-likeness (QED) is 0.848. The predicted octanol–water partition coefficient (Wildman–Crippen LogP) is 2.36. The summed E-state index contributed by atoms with van der Waals surface area (Å²) in [5, 5.41) is 7.20. The normalized spacial score (nSPS) is 22.3. The third-order valence-electron chi connectivity index (χ3n) is 4.49. The van der Waals surface area contributed by atoms with Crippen LogP contribution in [0.25, 0.3) is 0 Å². The monoisotopic (exact) mass is 293 g/mol. The van der Waals surface area contributed by atoms with Crippen LogP contribution >= 0.6 is 0 Å². The molecule has 0 bridgehead atoms. The van der Waals surface area contributed by atoms with E-state index in [4.69, 9.17) is 4.74 Å². The summed E-state index contributed by atoms with van der Waals surface area (Å²) in [6, 6.07) is 0. The second-order valence-corrected chi connectivity index (χ2v) is 6.10. The summed E-state index contributed by atoms with van der Waals surface area (Å²) in [4.78, 5) is 12.2. The van der Waals surface area contributed by atoms with E-state index in [-0.39, 0.29) is 5.91 Å². The van der Waals surface area contributed by atoms with E-state index in [1.807, 2.05) is 20.9 Å². The zero-order chi connectivity index (χ0) is 15.4. The molecule has 1 aromatic heterocycles. The van der Waals surface area contributed by atoms with Gasteiger partial charge in [-0.2, -0.15) is 5.10 Å². The Labute approximate surface area is 127 Å². The number of hydrogen-bond donors (Lipinski definition) is 1. The first-order valence-corrected chi connectivity index (χ1v) is 7.90. The summed E-state index contributed by atoms with van der Waals surface area (Å²) in [6.45, 7) is 7.16. The molecule has 1 aliphatic carbocycles. The van der Waals surface area contributed by atoms with Crippen LogP contribution in [0.2, 0.25) is 0 Å². The minimum Gasteiger partial charge on any atom is -0.376 e. The largest absolute Gasteiger partial charge is 0.376 e. The minimum atomic E-state index is -0.0570. The number of carbonyl (C=O) groups is 1. The predicted molar refractivity (Wildman–Crippen MR) is 82.4 cm³/mol. The van der Waals surface area contributed by atoms with Gasteiger partial charge in [0.1, 0.15) is 0 Å². The summed E-state index contributed by atoms with van der Waals surface area (Å²) in [6.07, 6.45) is 5.34. The molecule has 5 heteroatoms. The third-order valence-corrected chi connectivity index (χ3v) is 4.49. The smallest absolute Gasteiger partial charge is 0.255 e. The van der Waals surface area contributed by atoms with Crippen LogP contribution in [0, 0.1) is 19.8 Å². The second kappa shape index (κ2) is 7.07. The van der Waals surface area contributed by atoms with Gasteiger partial charge in [0.25, 0.3) is 5.91 Å². The van der Waals surface area contributed by atoms with Crippen molar-refractivity contribution in [3.05, 3.63) is 17.0 Å². The Morgan fingerprint density at radius 3 is 2.71 bits per heavy atom. The topological polar surface area (TPSA) is 56.2 Å². The highest BCUT2D eigenvalue weighted by Crippen LogP contribution is 2.25. The number of aromatic nitrogens is 2. The standard InChI is InChI=1S/C16H27N3O2/c1-11-7-5-6-8-14(11)21-10-9-17-16(20)15-12(2)18-19(4)13(15)3/h11,14H,5-10H2,1-4H3,(H,17,20)/t11-,14+/m0/s1. The first-order valence-electron chi connectivity index (χ1n) is 7.90. The lowest BCUT2D eigenvalue weighted by atomic mass is 9.88. The highest BCUT2D eigenvalue weighted by Gasteiger charge is 2.22. The highest BCUT2D eigenvalue weighted by molar-refractivity contribution is 5.96. The maximum absolute atomic E-state index is 12.2. The van der Waals surface area contributed by atoms with Crippen molar-refractivity contribution in [2.45, 2.75) is 52.6 Å². The van der Waals surface area contributed by atoms with Gasteiger partial charge in [-0.1, -0.05) is 19.8 Å². The van der Waals surface area contributed by atoms with Gasteiger partial charge >= 0.3 is 0 Å². The number of hydrogen-bond acceptors (Lipinski definition) is 3. The molecule has 5 nitrogen and oxygen atoms in total. The molecule has 0 spiro atoms. The van der Waals surface area contributed by atoms with E-state index in [0.29, 0.717) is 30.7 Å². The number of ether oxygens (including phenoxy) is 1. The Kier molecular flexibility index (Phi) is 5.39. The van der Waals surface area contributed by atoms with Gasteiger partial charge in [0.15, 0.2) is 0 Å². The van der Waals surface area contributed by atoms with E-state index >= 15 is 0 Å². The van der Waals surface area contributed by atoms with E-state index in [2.05, 4.69) is 17.3 Å². The summed E-state index contributed by atoms with van der Waals surface area (Å²) >= 11 is 0. The molecule has 118 valence electrons. The van der Waals surface area contributed by atoms with Crippen LogP contribution in [-0.2, 0) is 11.8 Å². The van der Waals surface area contributed by atoms with Crippen LogP contribution in [0.3, 0.4) is 0 Å². The molecule has 1 amide bonds. The van der Waals surface area contributed by atoms with E-state index < -0.39 is 0 Å². The maximum atomic E-state index is 12.2. The number of amides is 1. The average Bonchev–Trinajstić information content (AvgIpc) is 2.70. The van der Waals surface area contributed by atoms with Crippen molar-refractivity contribution < 1.29 is 9.53 Å². The molecule has 21 heavy (non-hydrogen) atoms. The van der Waals surface area contributed by atoms with Crippen molar-refractivity contribution in [2.75, 3.05) is 13.2 Å². The lowest BCUT2D eigenvalue weighted by Gasteiger charge is -2.28. The van der Waals surface area contributed by atoms with Crippen LogP contribution in [-0.4, -0.2) is 34.9 Å². The van der Waals surface area contributed by atoms with E-state index in [1.165, 1.54) is 19.3 Å². The molecule has 2 atom stereocenters. The fraction of sp³-hybridized carbons (Fsp3) is 0.750. The number of nitrogens with zero attached hydrogens (tertiary/aromatic N) is 2. The summed E-state index contributed by atoms with van der Waals surface area (Å²) < 4.78 is 7.65. The van der Waals surface area contributed by atoms with Crippen LogP contribution in [0.4, 0.5) is 0 Å². The van der Waals surface area contributed by atoms with Gasteiger partial charge in [0, 0.05) is 19.3 Å². The Bertz CT molecular complexity index is 496. The second-order valence-electron chi connectivity index (χ2n) is 6.10. The zero-order valence-electron chi connectivity index (χ0n) is 13.6. The molecule has 2 rings (SSSR count). The Hall–Kier alpha value is -1.36. The molecule has 1 N–H and O–H groups in total. The number of aryl methyl sites for hydroxylation is 2. The van der Waals surface area contributed by atoms with Crippen molar-refractivity contribution in [3.63, 3.8) is 0 Å². The fourth-order valence-corrected chi connectivity index (χ4v) is 3.10. The number of nitrogens with one attached hydrogen (secondary N) is 1. The highest BCUT2D eigenvalue weighted by atomic mass is 16.5. The molecule has 1 aromatic rings. The molecule has 0 radical (unpaired) electrons. The van der Waals surface area contributed by atoms with Gasteiger partial charge in [-0.05, 0) is 32.6 Å². The van der Waals surface area contributed by atoms with E-state index in [0.717, 1.165) is 17.8 Å². The Morgan fingerprint density at radius 2 is 2.10 bits per heavy atom. The minimum absolute atomic E-state index is 0.0570. The first-order chi connectivity index (χ1) is 10.0. The van der Waals surface area contributed by atoms with Gasteiger partial charge in [-0.3, -0.25) is 9.48 Å². The van der Waals surface area contributed by atoms with Crippen LogP contribution < -0.4 is 5.32 Å². The molecule has 0 unspecified atom stereocenters. The Balaban J connectivity index is 1.77. The van der Waals surface area contributed by atoms with Crippen molar-refractivity contribution in [1.29, 1.82) is 0 Å². The molecule has 0 aromatic carbocycles. The Morgan fingerprint density at radius 1 is 1.38 bits per heavy atom. The fourth-order valence-electron chi connectivity index (χ4n) is 3.10. The zero-order valence-corrected chi connectivity index (χ0v) is 13.6. The molecule has 0 saturated heterocycles. The van der Waals surface area contributed by atoms with Crippen molar-refractivity contribution in [1.82, 2.24) is 15.1 Å². The number of carbonyl (C=O) groups excluding carboxylic acids is 1. The average molecular weight is 293 g/mol. The molecule has 0 aliphatic heterocycles. The van der Waals surface area contributed by atoms with E-state index in [1.54, 1.807) is 4.68 Å². The van der Waals surface area contributed by atoms with Gasteiger partial charge in [-0.25, -0.2) is 0 Å². The maximum Gasteiger partial charge on any atom is 0.255 e. The lowest BCUT2D eigenvalue weighted by Crippen LogP contribution is -2.32. The summed E-state index contributed by atoms with van der Waals surface area (Å²) in [7, 11) is 1.85. The SMILES string of the molecule is Cc1nn(C)c(C)c1C(=O)NCCO[C@@H]1CCCC[C@@H]1C.